The fraction of sp³-hybridized carbons (Fsp3) is 0.462. The fourth-order valence-corrected chi connectivity index (χ4v) is 2.36. The summed E-state index contributed by atoms with van der Waals surface area (Å²) in [5, 5.41) is 3.05. The van der Waals surface area contributed by atoms with Crippen LogP contribution in [-0.2, 0) is 14.8 Å². The molecule has 118 valence electrons. The van der Waals surface area contributed by atoms with E-state index in [-0.39, 0.29) is 17.2 Å². The molecule has 1 aromatic carbocycles. The first-order valence-electron chi connectivity index (χ1n) is 6.46. The van der Waals surface area contributed by atoms with Crippen molar-refractivity contribution in [1.82, 2.24) is 5.32 Å². The Bertz CT molecular complexity index is 590. The van der Waals surface area contributed by atoms with Gasteiger partial charge in [0, 0.05) is 24.8 Å². The predicted octanol–water partition coefficient (Wildman–Crippen LogP) is 1.87. The second-order valence-corrected chi connectivity index (χ2v) is 6.56. The van der Waals surface area contributed by atoms with Gasteiger partial charge in [0.05, 0.1) is 17.5 Å². The van der Waals surface area contributed by atoms with E-state index in [4.69, 9.17) is 16.3 Å². The van der Waals surface area contributed by atoms with Crippen LogP contribution in [0.2, 0.25) is 5.02 Å². The first-order valence-corrected chi connectivity index (χ1v) is 8.73. The van der Waals surface area contributed by atoms with Gasteiger partial charge < -0.3 is 10.1 Å². The first-order chi connectivity index (χ1) is 9.83. The van der Waals surface area contributed by atoms with Crippen LogP contribution in [0.15, 0.2) is 18.2 Å². The number of carbonyl (C=O) groups excluding carboxylic acids is 1. The lowest BCUT2D eigenvalue weighted by Crippen LogP contribution is -2.26. The van der Waals surface area contributed by atoms with Gasteiger partial charge in [-0.1, -0.05) is 11.6 Å². The highest BCUT2D eigenvalue weighted by Gasteiger charge is 2.14. The highest BCUT2D eigenvalue weighted by Crippen LogP contribution is 2.21. The molecule has 21 heavy (non-hydrogen) atoms. The van der Waals surface area contributed by atoms with Crippen molar-refractivity contribution in [2.75, 3.05) is 30.7 Å². The second-order valence-electron chi connectivity index (χ2n) is 4.37. The zero-order valence-electron chi connectivity index (χ0n) is 12.0. The summed E-state index contributed by atoms with van der Waals surface area (Å²) in [6.07, 6.45) is 1.69. The van der Waals surface area contributed by atoms with Crippen LogP contribution in [0.4, 0.5) is 5.69 Å². The molecule has 0 aliphatic rings. The molecule has 0 aliphatic carbocycles. The molecule has 0 heterocycles. The summed E-state index contributed by atoms with van der Waals surface area (Å²) in [4.78, 5) is 12.1. The summed E-state index contributed by atoms with van der Waals surface area (Å²) < 4.78 is 30.1. The SMILES string of the molecule is CCOCCCNC(=O)c1cc(Cl)ccc1NS(C)(=O)=O. The maximum Gasteiger partial charge on any atom is 0.253 e. The Morgan fingerprint density at radius 2 is 2.10 bits per heavy atom. The number of rotatable bonds is 8. The number of anilines is 1. The maximum atomic E-state index is 12.1. The van der Waals surface area contributed by atoms with Crippen LogP contribution < -0.4 is 10.0 Å². The molecule has 1 aromatic rings. The van der Waals surface area contributed by atoms with Crippen LogP contribution in [0, 0.1) is 0 Å². The normalized spacial score (nSPS) is 11.2. The van der Waals surface area contributed by atoms with Crippen LogP contribution >= 0.6 is 11.6 Å². The highest BCUT2D eigenvalue weighted by atomic mass is 35.5. The van der Waals surface area contributed by atoms with Gasteiger partial charge >= 0.3 is 0 Å². The third-order valence-corrected chi connectivity index (χ3v) is 3.30. The van der Waals surface area contributed by atoms with Gasteiger partial charge in [-0.2, -0.15) is 0 Å². The van der Waals surface area contributed by atoms with Crippen molar-refractivity contribution in [3.05, 3.63) is 28.8 Å². The number of hydrogen-bond acceptors (Lipinski definition) is 4. The molecule has 1 amide bonds. The molecule has 2 N–H and O–H groups in total. The molecular weight excluding hydrogens is 316 g/mol. The molecule has 1 rings (SSSR count). The fourth-order valence-electron chi connectivity index (χ4n) is 1.61. The third-order valence-electron chi connectivity index (χ3n) is 2.48. The van der Waals surface area contributed by atoms with Crippen LogP contribution in [-0.4, -0.2) is 40.3 Å². The number of benzene rings is 1. The van der Waals surface area contributed by atoms with Crippen molar-refractivity contribution in [2.45, 2.75) is 13.3 Å². The summed E-state index contributed by atoms with van der Waals surface area (Å²) in [6, 6.07) is 4.40. The summed E-state index contributed by atoms with van der Waals surface area (Å²) in [5.74, 6) is -0.389. The molecule has 0 fully saturated rings. The molecule has 8 heteroatoms. The molecule has 0 aliphatic heterocycles. The lowest BCUT2D eigenvalue weighted by Gasteiger charge is -2.11. The number of hydrogen-bond donors (Lipinski definition) is 2. The van der Waals surface area contributed by atoms with E-state index in [1.54, 1.807) is 0 Å². The van der Waals surface area contributed by atoms with E-state index in [0.717, 1.165) is 6.26 Å². The van der Waals surface area contributed by atoms with Crippen LogP contribution in [0.5, 0.6) is 0 Å². The summed E-state index contributed by atoms with van der Waals surface area (Å²) in [6.45, 7) is 3.52. The Labute approximate surface area is 129 Å². The minimum absolute atomic E-state index is 0.185. The van der Waals surface area contributed by atoms with Gasteiger partial charge in [0.25, 0.3) is 5.91 Å². The Morgan fingerprint density at radius 3 is 2.71 bits per heavy atom. The van der Waals surface area contributed by atoms with Gasteiger partial charge in [-0.3, -0.25) is 9.52 Å². The molecule has 0 spiro atoms. The van der Waals surface area contributed by atoms with E-state index in [1.807, 2.05) is 6.92 Å². The lowest BCUT2D eigenvalue weighted by molar-refractivity contribution is 0.0945. The van der Waals surface area contributed by atoms with E-state index >= 15 is 0 Å². The average molecular weight is 335 g/mol. The molecular formula is C13H19ClN2O4S. The largest absolute Gasteiger partial charge is 0.382 e. The van der Waals surface area contributed by atoms with Gasteiger partial charge in [-0.05, 0) is 31.5 Å². The van der Waals surface area contributed by atoms with Gasteiger partial charge in [0.15, 0.2) is 0 Å². The van der Waals surface area contributed by atoms with Crippen molar-refractivity contribution >= 4 is 33.2 Å². The smallest absolute Gasteiger partial charge is 0.253 e. The van der Waals surface area contributed by atoms with Crippen molar-refractivity contribution in [1.29, 1.82) is 0 Å². The highest BCUT2D eigenvalue weighted by molar-refractivity contribution is 7.92. The predicted molar refractivity (Wildman–Crippen MR) is 83.4 cm³/mol. The second kappa shape index (κ2) is 8.21. The average Bonchev–Trinajstić information content (AvgIpc) is 2.39. The van der Waals surface area contributed by atoms with E-state index in [0.29, 0.717) is 31.2 Å². The van der Waals surface area contributed by atoms with Crippen molar-refractivity contribution < 1.29 is 17.9 Å². The number of amides is 1. The molecule has 6 nitrogen and oxygen atoms in total. The Hall–Kier alpha value is -1.31. The molecule has 0 saturated heterocycles. The van der Waals surface area contributed by atoms with Crippen LogP contribution in [0.1, 0.15) is 23.7 Å². The standard InChI is InChI=1S/C13H19ClN2O4S/c1-3-20-8-4-7-15-13(17)11-9-10(14)5-6-12(11)16-21(2,18)19/h5-6,9,16H,3-4,7-8H2,1-2H3,(H,15,17). The zero-order chi connectivity index (χ0) is 15.9. The lowest BCUT2D eigenvalue weighted by atomic mass is 10.1. The maximum absolute atomic E-state index is 12.1. The van der Waals surface area contributed by atoms with Gasteiger partial charge in [-0.25, -0.2) is 8.42 Å². The van der Waals surface area contributed by atoms with E-state index in [2.05, 4.69) is 10.0 Å². The van der Waals surface area contributed by atoms with Gasteiger partial charge in [0.1, 0.15) is 0 Å². The van der Waals surface area contributed by atoms with Crippen molar-refractivity contribution in [3.63, 3.8) is 0 Å². The monoisotopic (exact) mass is 334 g/mol. The minimum Gasteiger partial charge on any atom is -0.382 e. The Balaban J connectivity index is 2.75. The molecule has 0 radical (unpaired) electrons. The Morgan fingerprint density at radius 1 is 1.38 bits per heavy atom. The number of halogens is 1. The topological polar surface area (TPSA) is 84.5 Å². The number of sulfonamides is 1. The summed E-state index contributed by atoms with van der Waals surface area (Å²) >= 11 is 5.86. The number of ether oxygens (including phenoxy) is 1. The quantitative estimate of drug-likeness (QED) is 0.711. The Kier molecular flexibility index (Phi) is 6.94. The summed E-state index contributed by atoms with van der Waals surface area (Å²) in [5.41, 5.74) is 0.383. The van der Waals surface area contributed by atoms with Crippen LogP contribution in [0.25, 0.3) is 0 Å². The van der Waals surface area contributed by atoms with Crippen LogP contribution in [0.3, 0.4) is 0 Å². The minimum atomic E-state index is -3.47. The summed E-state index contributed by atoms with van der Waals surface area (Å²) in [7, 11) is -3.47. The van der Waals surface area contributed by atoms with Gasteiger partial charge in [-0.15, -0.1) is 0 Å². The molecule has 0 saturated carbocycles. The molecule has 0 aromatic heterocycles. The first kappa shape index (κ1) is 17.7. The number of nitrogens with one attached hydrogen (secondary N) is 2. The number of carbonyl (C=O) groups is 1. The van der Waals surface area contributed by atoms with E-state index < -0.39 is 10.0 Å². The third kappa shape index (κ3) is 6.79. The van der Waals surface area contributed by atoms with Crippen molar-refractivity contribution in [2.24, 2.45) is 0 Å². The van der Waals surface area contributed by atoms with E-state index in [1.165, 1.54) is 18.2 Å². The zero-order valence-corrected chi connectivity index (χ0v) is 13.6. The van der Waals surface area contributed by atoms with E-state index in [9.17, 15) is 13.2 Å². The molecule has 0 bridgehead atoms. The molecule has 0 atom stereocenters. The van der Waals surface area contributed by atoms with Gasteiger partial charge in [0.2, 0.25) is 10.0 Å². The van der Waals surface area contributed by atoms with Crippen molar-refractivity contribution in [3.8, 4) is 0 Å². The molecule has 0 unspecified atom stereocenters.